The summed E-state index contributed by atoms with van der Waals surface area (Å²) >= 11 is 5.78. The molecule has 1 heterocycles. The number of hydrogen-bond acceptors (Lipinski definition) is 1. The zero-order valence-electron chi connectivity index (χ0n) is 13.0. The highest BCUT2D eigenvalue weighted by atomic mass is 35.5. The zero-order chi connectivity index (χ0) is 16.2. The Balaban J connectivity index is 1.92. The van der Waals surface area contributed by atoms with E-state index in [0.29, 0.717) is 6.54 Å². The fourth-order valence-corrected chi connectivity index (χ4v) is 2.85. The second-order valence-electron chi connectivity index (χ2n) is 5.55. The van der Waals surface area contributed by atoms with Crippen LogP contribution in [0.4, 0.5) is 0 Å². The molecule has 1 aromatic heterocycles. The Hall–Kier alpha value is -2.26. The second kappa shape index (κ2) is 6.88. The van der Waals surface area contributed by atoms with Gasteiger partial charge < -0.3 is 10.3 Å². The number of amides is 1. The monoisotopic (exact) mass is 326 g/mol. The zero-order valence-corrected chi connectivity index (χ0v) is 13.7. The fourth-order valence-electron chi connectivity index (χ4n) is 2.77. The first-order valence-corrected chi connectivity index (χ1v) is 8.17. The number of aromatic nitrogens is 1. The van der Waals surface area contributed by atoms with E-state index in [1.54, 1.807) is 6.92 Å². The van der Waals surface area contributed by atoms with Crippen LogP contribution >= 0.6 is 11.6 Å². The number of benzene rings is 2. The molecule has 3 aromatic rings. The van der Waals surface area contributed by atoms with Gasteiger partial charge in [0.2, 0.25) is 5.91 Å². The predicted octanol–water partition coefficient (Wildman–Crippen LogP) is 4.12. The quantitative estimate of drug-likeness (QED) is 0.681. The van der Waals surface area contributed by atoms with Crippen molar-refractivity contribution in [2.75, 3.05) is 6.54 Å². The molecule has 0 aliphatic heterocycles. The number of H-pyrrole nitrogens is 1. The summed E-state index contributed by atoms with van der Waals surface area (Å²) in [5.74, 6) is -0.135. The minimum atomic E-state index is -0.508. The lowest BCUT2D eigenvalue weighted by Crippen LogP contribution is -2.31. The van der Waals surface area contributed by atoms with Gasteiger partial charge in [0.05, 0.1) is 0 Å². The van der Waals surface area contributed by atoms with E-state index in [1.165, 1.54) is 16.5 Å². The molecule has 4 heteroatoms. The molecule has 0 saturated carbocycles. The van der Waals surface area contributed by atoms with E-state index in [9.17, 15) is 4.79 Å². The van der Waals surface area contributed by atoms with Crippen LogP contribution in [0.2, 0.25) is 0 Å². The van der Waals surface area contributed by atoms with Gasteiger partial charge in [0.25, 0.3) is 0 Å². The lowest BCUT2D eigenvalue weighted by atomic mass is 10.0. The normalized spacial score (nSPS) is 12.3. The summed E-state index contributed by atoms with van der Waals surface area (Å²) in [6, 6.07) is 18.6. The summed E-state index contributed by atoms with van der Waals surface area (Å²) in [6.45, 7) is 2.23. The molecule has 1 unspecified atom stereocenters. The average molecular weight is 327 g/mol. The highest BCUT2D eigenvalue weighted by Crippen LogP contribution is 2.32. The van der Waals surface area contributed by atoms with Crippen LogP contribution in [0, 0.1) is 0 Å². The van der Waals surface area contributed by atoms with Crippen molar-refractivity contribution in [2.24, 2.45) is 0 Å². The molecule has 1 amide bonds. The molecule has 2 aromatic carbocycles. The molecule has 1 atom stereocenters. The maximum absolute atomic E-state index is 11.6. The minimum absolute atomic E-state index is 0.135. The van der Waals surface area contributed by atoms with E-state index in [1.807, 2.05) is 30.3 Å². The van der Waals surface area contributed by atoms with Crippen molar-refractivity contribution in [3.8, 4) is 11.1 Å². The molecule has 0 fully saturated rings. The molecule has 0 saturated heterocycles. The van der Waals surface area contributed by atoms with E-state index < -0.39 is 5.38 Å². The highest BCUT2D eigenvalue weighted by Gasteiger charge is 2.14. The Labute approximate surface area is 140 Å². The third kappa shape index (κ3) is 3.40. The molecule has 3 nitrogen and oxygen atoms in total. The molecular weight excluding hydrogens is 308 g/mol. The number of nitrogens with one attached hydrogen (secondary N) is 2. The summed E-state index contributed by atoms with van der Waals surface area (Å²) in [7, 11) is 0. The molecule has 0 radical (unpaired) electrons. The van der Waals surface area contributed by atoms with Gasteiger partial charge in [0.1, 0.15) is 5.38 Å². The van der Waals surface area contributed by atoms with Crippen LogP contribution in [-0.2, 0) is 11.2 Å². The molecule has 0 bridgehead atoms. The van der Waals surface area contributed by atoms with E-state index in [2.05, 4.69) is 34.6 Å². The Morgan fingerprint density at radius 1 is 1.13 bits per heavy atom. The number of carbonyl (C=O) groups is 1. The number of halogens is 1. The largest absolute Gasteiger partial charge is 0.358 e. The number of alkyl halides is 1. The SMILES string of the molecule is CC(Cl)C(=O)NCCc1[nH]c2ccccc2c1-c1ccccc1. The molecule has 3 rings (SSSR count). The Morgan fingerprint density at radius 3 is 2.57 bits per heavy atom. The van der Waals surface area contributed by atoms with Crippen molar-refractivity contribution in [3.63, 3.8) is 0 Å². The van der Waals surface area contributed by atoms with Gasteiger partial charge in [0, 0.05) is 35.1 Å². The molecule has 0 aliphatic rings. The van der Waals surface area contributed by atoms with Crippen LogP contribution in [0.5, 0.6) is 0 Å². The van der Waals surface area contributed by atoms with Crippen molar-refractivity contribution >= 4 is 28.4 Å². The van der Waals surface area contributed by atoms with Crippen LogP contribution in [-0.4, -0.2) is 22.8 Å². The molecule has 0 spiro atoms. The van der Waals surface area contributed by atoms with Gasteiger partial charge in [-0.2, -0.15) is 0 Å². The summed E-state index contributed by atoms with van der Waals surface area (Å²) in [5.41, 5.74) is 4.62. The molecule has 2 N–H and O–H groups in total. The summed E-state index contributed by atoms with van der Waals surface area (Å²) in [6.07, 6.45) is 0.730. The summed E-state index contributed by atoms with van der Waals surface area (Å²) < 4.78 is 0. The number of para-hydroxylation sites is 1. The smallest absolute Gasteiger partial charge is 0.237 e. The number of hydrogen-bond donors (Lipinski definition) is 2. The Morgan fingerprint density at radius 2 is 1.83 bits per heavy atom. The van der Waals surface area contributed by atoms with Gasteiger partial charge in [-0.25, -0.2) is 0 Å². The number of fused-ring (bicyclic) bond motifs is 1. The van der Waals surface area contributed by atoms with E-state index in [4.69, 9.17) is 11.6 Å². The van der Waals surface area contributed by atoms with Crippen molar-refractivity contribution in [3.05, 3.63) is 60.3 Å². The van der Waals surface area contributed by atoms with Gasteiger partial charge in [0.15, 0.2) is 0 Å². The van der Waals surface area contributed by atoms with Gasteiger partial charge >= 0.3 is 0 Å². The molecular formula is C19H19ClN2O. The minimum Gasteiger partial charge on any atom is -0.358 e. The number of rotatable bonds is 5. The highest BCUT2D eigenvalue weighted by molar-refractivity contribution is 6.30. The van der Waals surface area contributed by atoms with Crippen molar-refractivity contribution in [1.29, 1.82) is 0 Å². The summed E-state index contributed by atoms with van der Waals surface area (Å²) in [4.78, 5) is 15.1. The van der Waals surface area contributed by atoms with E-state index >= 15 is 0 Å². The number of aromatic amines is 1. The molecule has 118 valence electrons. The van der Waals surface area contributed by atoms with E-state index in [-0.39, 0.29) is 5.91 Å². The predicted molar refractivity (Wildman–Crippen MR) is 95.8 cm³/mol. The van der Waals surface area contributed by atoms with Crippen LogP contribution in [0.25, 0.3) is 22.0 Å². The van der Waals surface area contributed by atoms with Crippen LogP contribution in [0.1, 0.15) is 12.6 Å². The third-order valence-corrected chi connectivity index (χ3v) is 4.08. The van der Waals surface area contributed by atoms with E-state index in [0.717, 1.165) is 17.6 Å². The van der Waals surface area contributed by atoms with Gasteiger partial charge in [-0.05, 0) is 18.6 Å². The van der Waals surface area contributed by atoms with Crippen LogP contribution in [0.15, 0.2) is 54.6 Å². The Kier molecular flexibility index (Phi) is 4.68. The van der Waals surface area contributed by atoms with Crippen molar-refractivity contribution < 1.29 is 4.79 Å². The standard InChI is InChI=1S/C19H19ClN2O/c1-13(20)19(23)21-12-11-17-18(14-7-3-2-4-8-14)15-9-5-6-10-16(15)22-17/h2-10,13,22H,11-12H2,1H3,(H,21,23). The maximum atomic E-state index is 11.6. The lowest BCUT2D eigenvalue weighted by molar-refractivity contribution is -0.120. The van der Waals surface area contributed by atoms with Crippen LogP contribution in [0.3, 0.4) is 0 Å². The van der Waals surface area contributed by atoms with Crippen LogP contribution < -0.4 is 5.32 Å². The van der Waals surface area contributed by atoms with Gasteiger partial charge in [-0.3, -0.25) is 4.79 Å². The molecule has 0 aliphatic carbocycles. The average Bonchev–Trinajstić information content (AvgIpc) is 2.93. The van der Waals surface area contributed by atoms with Crippen molar-refractivity contribution in [1.82, 2.24) is 10.3 Å². The number of carbonyl (C=O) groups excluding carboxylic acids is 1. The van der Waals surface area contributed by atoms with Gasteiger partial charge in [-0.1, -0.05) is 48.5 Å². The molecule has 23 heavy (non-hydrogen) atoms. The lowest BCUT2D eigenvalue weighted by Gasteiger charge is -2.08. The first-order chi connectivity index (χ1) is 11.2. The Bertz CT molecular complexity index is 809. The third-order valence-electron chi connectivity index (χ3n) is 3.88. The van der Waals surface area contributed by atoms with Crippen molar-refractivity contribution in [2.45, 2.75) is 18.7 Å². The fraction of sp³-hybridized carbons (Fsp3) is 0.211. The summed E-state index contributed by atoms with van der Waals surface area (Å²) in [5, 5.41) is 3.55. The first kappa shape index (κ1) is 15.6. The topological polar surface area (TPSA) is 44.9 Å². The maximum Gasteiger partial charge on any atom is 0.237 e. The first-order valence-electron chi connectivity index (χ1n) is 7.73. The second-order valence-corrected chi connectivity index (χ2v) is 6.20. The van der Waals surface area contributed by atoms with Gasteiger partial charge in [-0.15, -0.1) is 11.6 Å².